The van der Waals surface area contributed by atoms with Crippen LogP contribution in [0, 0.1) is 0 Å². The lowest BCUT2D eigenvalue weighted by molar-refractivity contribution is -0.120. The molecule has 1 aromatic heterocycles. The van der Waals surface area contributed by atoms with Crippen molar-refractivity contribution in [3.8, 4) is 5.75 Å². The van der Waals surface area contributed by atoms with Gasteiger partial charge in [-0.15, -0.1) is 0 Å². The second-order valence-corrected chi connectivity index (χ2v) is 10.5. The average molecular weight is 536 g/mol. The van der Waals surface area contributed by atoms with Crippen molar-refractivity contribution in [3.05, 3.63) is 58.7 Å². The van der Waals surface area contributed by atoms with Gasteiger partial charge in [0.25, 0.3) is 0 Å². The highest BCUT2D eigenvalue weighted by atomic mass is 35.5. The van der Waals surface area contributed by atoms with Crippen LogP contribution >= 0.6 is 11.6 Å². The van der Waals surface area contributed by atoms with Crippen molar-refractivity contribution in [2.45, 2.75) is 51.1 Å². The van der Waals surface area contributed by atoms with Gasteiger partial charge in [-0.2, -0.15) is 0 Å². The summed E-state index contributed by atoms with van der Waals surface area (Å²) in [7, 11) is 1.56. The molecule has 8 nitrogen and oxygen atoms in total. The minimum absolute atomic E-state index is 0.00839. The van der Waals surface area contributed by atoms with E-state index in [4.69, 9.17) is 21.3 Å². The molecule has 3 N–H and O–H groups in total. The highest BCUT2D eigenvalue weighted by molar-refractivity contribution is 6.31. The van der Waals surface area contributed by atoms with E-state index in [9.17, 15) is 9.59 Å². The summed E-state index contributed by atoms with van der Waals surface area (Å²) >= 11 is 6.12. The number of halogens is 1. The topological polar surface area (TPSA) is 95.6 Å². The number of hydrogen-bond donors (Lipinski definition) is 3. The number of benzene rings is 2. The number of para-hydroxylation sites is 1. The third-order valence-corrected chi connectivity index (χ3v) is 7.56. The van der Waals surface area contributed by atoms with Gasteiger partial charge in [0.05, 0.1) is 37.1 Å². The Morgan fingerprint density at radius 3 is 2.74 bits per heavy atom. The Morgan fingerprint density at radius 2 is 1.92 bits per heavy atom. The molecule has 5 rings (SSSR count). The fourth-order valence-electron chi connectivity index (χ4n) is 5.45. The highest BCUT2D eigenvalue weighted by Crippen LogP contribution is 2.33. The van der Waals surface area contributed by atoms with Crippen LogP contribution in [0.5, 0.6) is 5.75 Å². The van der Waals surface area contributed by atoms with Crippen LogP contribution in [0.25, 0.3) is 10.9 Å². The number of rotatable bonds is 8. The Morgan fingerprint density at radius 1 is 1.11 bits per heavy atom. The molecule has 9 heteroatoms. The number of pyridine rings is 1. The lowest BCUT2D eigenvalue weighted by atomic mass is 9.95. The van der Waals surface area contributed by atoms with E-state index in [0.29, 0.717) is 29.5 Å². The zero-order valence-electron chi connectivity index (χ0n) is 21.7. The highest BCUT2D eigenvalue weighted by Gasteiger charge is 2.25. The van der Waals surface area contributed by atoms with E-state index in [1.807, 2.05) is 24.3 Å². The number of methoxy groups -OCH3 is 1. The summed E-state index contributed by atoms with van der Waals surface area (Å²) in [6.45, 7) is 1.68. The molecular weight excluding hydrogens is 502 g/mol. The number of ether oxygens (including phenoxy) is 1. The maximum atomic E-state index is 12.9. The summed E-state index contributed by atoms with van der Waals surface area (Å²) in [6, 6.07) is 13.4. The van der Waals surface area contributed by atoms with Gasteiger partial charge in [0, 0.05) is 47.2 Å². The number of hydrogen-bond acceptors (Lipinski definition) is 6. The molecule has 0 spiro atoms. The Hall–Kier alpha value is -3.36. The van der Waals surface area contributed by atoms with Crippen LogP contribution in [0.1, 0.15) is 43.4 Å². The number of fused-ring (bicyclic) bond motifs is 2. The first kappa shape index (κ1) is 26.3. The standard InChI is InChI=1S/C29H34ClN5O3/c1-38-26-12-11-19(30)15-25(26)34-28(37)18-35-14-13-24-22(17-35)29(21-9-5-6-10-23(21)33-24)31-16-27(36)32-20-7-3-2-4-8-20/h5-6,9-12,15,20H,2-4,7-8,13-14,16-18H2,1H3,(H,31,33)(H,32,36)(H,34,37). The summed E-state index contributed by atoms with van der Waals surface area (Å²) in [6.07, 6.45) is 6.43. The molecule has 0 saturated heterocycles. The molecule has 0 atom stereocenters. The molecule has 200 valence electrons. The van der Waals surface area contributed by atoms with Crippen LogP contribution in [0.3, 0.4) is 0 Å². The molecule has 2 aliphatic rings. The second kappa shape index (κ2) is 12.0. The molecule has 2 heterocycles. The molecule has 2 amide bonds. The molecule has 1 fully saturated rings. The second-order valence-electron chi connectivity index (χ2n) is 10.0. The molecule has 3 aromatic rings. The van der Waals surface area contributed by atoms with Gasteiger partial charge in [-0.1, -0.05) is 49.1 Å². The van der Waals surface area contributed by atoms with Gasteiger partial charge in [-0.25, -0.2) is 0 Å². The minimum atomic E-state index is -0.149. The van der Waals surface area contributed by atoms with Gasteiger partial charge < -0.3 is 20.7 Å². The number of aromatic nitrogens is 1. The van der Waals surface area contributed by atoms with Crippen molar-refractivity contribution in [2.75, 3.05) is 37.4 Å². The third-order valence-electron chi connectivity index (χ3n) is 7.32. The summed E-state index contributed by atoms with van der Waals surface area (Å²) in [5.74, 6) is 0.415. The van der Waals surface area contributed by atoms with Crippen LogP contribution in [-0.2, 0) is 22.6 Å². The Bertz CT molecular complexity index is 1330. The molecule has 0 unspecified atom stereocenters. The number of nitrogens with zero attached hydrogens (tertiary/aromatic N) is 2. The number of nitrogens with one attached hydrogen (secondary N) is 3. The largest absolute Gasteiger partial charge is 0.495 e. The quantitative estimate of drug-likeness (QED) is 0.385. The Labute approximate surface area is 228 Å². The SMILES string of the molecule is COc1ccc(Cl)cc1NC(=O)CN1CCc2nc3ccccc3c(NCC(=O)NC3CCCCC3)c2C1. The van der Waals surface area contributed by atoms with E-state index in [1.54, 1.807) is 25.3 Å². The smallest absolute Gasteiger partial charge is 0.239 e. The van der Waals surface area contributed by atoms with Crippen molar-refractivity contribution in [1.29, 1.82) is 0 Å². The van der Waals surface area contributed by atoms with E-state index in [1.165, 1.54) is 19.3 Å². The lowest BCUT2D eigenvalue weighted by Crippen LogP contribution is -2.40. The summed E-state index contributed by atoms with van der Waals surface area (Å²) in [5.41, 5.74) is 4.41. The van der Waals surface area contributed by atoms with Gasteiger partial charge in [0.15, 0.2) is 0 Å². The first-order valence-electron chi connectivity index (χ1n) is 13.3. The van der Waals surface area contributed by atoms with Gasteiger partial charge in [0.1, 0.15) is 5.75 Å². The average Bonchev–Trinajstić information content (AvgIpc) is 2.92. The van der Waals surface area contributed by atoms with Crippen molar-refractivity contribution in [1.82, 2.24) is 15.2 Å². The molecule has 1 aliphatic carbocycles. The lowest BCUT2D eigenvalue weighted by Gasteiger charge is -2.30. The van der Waals surface area contributed by atoms with Crippen LogP contribution in [0.4, 0.5) is 11.4 Å². The number of carbonyl (C=O) groups is 2. The van der Waals surface area contributed by atoms with Gasteiger partial charge in [-0.3, -0.25) is 19.5 Å². The normalized spacial score (nSPS) is 16.1. The summed E-state index contributed by atoms with van der Waals surface area (Å²) < 4.78 is 5.35. The fraction of sp³-hybridized carbons (Fsp3) is 0.414. The fourth-order valence-corrected chi connectivity index (χ4v) is 5.62. The Kier molecular flexibility index (Phi) is 8.29. The van der Waals surface area contributed by atoms with Crippen molar-refractivity contribution >= 4 is 45.7 Å². The molecule has 0 radical (unpaired) electrons. The van der Waals surface area contributed by atoms with Crippen molar-refractivity contribution in [2.24, 2.45) is 0 Å². The van der Waals surface area contributed by atoms with Gasteiger partial charge >= 0.3 is 0 Å². The van der Waals surface area contributed by atoms with Crippen molar-refractivity contribution < 1.29 is 14.3 Å². The van der Waals surface area contributed by atoms with E-state index in [2.05, 4.69) is 20.9 Å². The number of amides is 2. The molecule has 1 aliphatic heterocycles. The first-order chi connectivity index (χ1) is 18.5. The van der Waals surface area contributed by atoms with E-state index < -0.39 is 0 Å². The maximum absolute atomic E-state index is 12.9. The predicted octanol–water partition coefficient (Wildman–Crippen LogP) is 4.75. The monoisotopic (exact) mass is 535 g/mol. The first-order valence-corrected chi connectivity index (χ1v) is 13.7. The number of anilines is 2. The Balaban J connectivity index is 1.30. The van der Waals surface area contributed by atoms with Crippen LogP contribution in [-0.4, -0.2) is 54.5 Å². The zero-order chi connectivity index (χ0) is 26.5. The maximum Gasteiger partial charge on any atom is 0.239 e. The van der Waals surface area contributed by atoms with Crippen LogP contribution in [0.15, 0.2) is 42.5 Å². The van der Waals surface area contributed by atoms with Gasteiger partial charge in [-0.05, 0) is 37.1 Å². The summed E-state index contributed by atoms with van der Waals surface area (Å²) in [5, 5.41) is 11.0. The van der Waals surface area contributed by atoms with E-state index >= 15 is 0 Å². The van der Waals surface area contributed by atoms with Crippen molar-refractivity contribution in [3.63, 3.8) is 0 Å². The van der Waals surface area contributed by atoms with Gasteiger partial charge in [0.2, 0.25) is 11.8 Å². The van der Waals surface area contributed by atoms with E-state index in [-0.39, 0.29) is 30.9 Å². The molecular formula is C29H34ClN5O3. The molecule has 0 bridgehead atoms. The summed E-state index contributed by atoms with van der Waals surface area (Å²) in [4.78, 5) is 32.7. The predicted molar refractivity (Wildman–Crippen MR) is 151 cm³/mol. The number of carbonyl (C=O) groups excluding carboxylic acids is 2. The minimum Gasteiger partial charge on any atom is -0.495 e. The van der Waals surface area contributed by atoms with Crippen LogP contribution in [0.2, 0.25) is 5.02 Å². The third kappa shape index (κ3) is 6.19. The molecule has 1 saturated carbocycles. The molecule has 38 heavy (non-hydrogen) atoms. The van der Waals surface area contributed by atoms with E-state index in [0.717, 1.165) is 47.1 Å². The zero-order valence-corrected chi connectivity index (χ0v) is 22.4. The molecule has 2 aromatic carbocycles. The van der Waals surface area contributed by atoms with Crippen LogP contribution < -0.4 is 20.7 Å².